The summed E-state index contributed by atoms with van der Waals surface area (Å²) in [4.78, 5) is 8.86. The Kier molecular flexibility index (Phi) is 3.65. The van der Waals surface area contributed by atoms with Crippen molar-refractivity contribution in [1.82, 2.24) is 0 Å². The highest BCUT2D eigenvalue weighted by atomic mass is 31.2. The second-order valence-corrected chi connectivity index (χ2v) is 5.73. The van der Waals surface area contributed by atoms with Gasteiger partial charge in [-0.3, -0.25) is 4.57 Å². The first kappa shape index (κ1) is 13.2. The summed E-state index contributed by atoms with van der Waals surface area (Å²) < 4.78 is 20.4. The van der Waals surface area contributed by atoms with Gasteiger partial charge in [0.2, 0.25) is 0 Å². The molecule has 1 aliphatic rings. The monoisotopic (exact) mass is 236 g/mol. The standard InChI is InChI=1S/C7H14BO6P/c1-7(10)5(9)4(14-6(7)8)3-13-15(2,11)12/h4-6,9-10H,3H2,1-2H3,(H,11,12)/t4-,5-,6-,7-/m1/s1. The van der Waals surface area contributed by atoms with Gasteiger partial charge in [0.25, 0.3) is 0 Å². The van der Waals surface area contributed by atoms with Gasteiger partial charge in [-0.25, -0.2) is 0 Å². The number of rotatable bonds is 3. The molecule has 1 rings (SSSR count). The first-order valence-corrected chi connectivity index (χ1v) is 6.43. The highest BCUT2D eigenvalue weighted by molar-refractivity contribution is 7.51. The first-order chi connectivity index (χ1) is 6.64. The summed E-state index contributed by atoms with van der Waals surface area (Å²) in [5, 5.41) is 19.2. The molecule has 0 amide bonds. The fourth-order valence-corrected chi connectivity index (χ4v) is 1.71. The average Bonchev–Trinajstić information content (AvgIpc) is 2.25. The molecule has 0 bridgehead atoms. The summed E-state index contributed by atoms with van der Waals surface area (Å²) in [5.41, 5.74) is -1.58. The van der Waals surface area contributed by atoms with Crippen molar-refractivity contribution in [2.24, 2.45) is 0 Å². The molecule has 6 nitrogen and oxygen atoms in total. The van der Waals surface area contributed by atoms with E-state index in [1.54, 1.807) is 0 Å². The van der Waals surface area contributed by atoms with Crippen molar-refractivity contribution in [3.05, 3.63) is 0 Å². The Balaban J connectivity index is 2.57. The van der Waals surface area contributed by atoms with E-state index in [2.05, 4.69) is 4.52 Å². The number of aliphatic hydroxyl groups excluding tert-OH is 1. The fourth-order valence-electron chi connectivity index (χ4n) is 1.29. The van der Waals surface area contributed by atoms with Crippen LogP contribution in [0.2, 0.25) is 0 Å². The lowest BCUT2D eigenvalue weighted by atomic mass is 9.82. The minimum Gasteiger partial charge on any atom is -0.387 e. The molecule has 3 N–H and O–H groups in total. The number of hydrogen-bond acceptors (Lipinski definition) is 5. The van der Waals surface area contributed by atoms with Gasteiger partial charge in [-0.2, -0.15) is 0 Å². The van der Waals surface area contributed by atoms with Crippen LogP contribution in [0.4, 0.5) is 0 Å². The van der Waals surface area contributed by atoms with Gasteiger partial charge in [-0.1, -0.05) is 0 Å². The molecule has 1 aliphatic heterocycles. The zero-order valence-electron chi connectivity index (χ0n) is 8.53. The maximum absolute atomic E-state index is 10.8. The molecule has 1 fully saturated rings. The first-order valence-electron chi connectivity index (χ1n) is 4.41. The second-order valence-electron chi connectivity index (χ2n) is 3.86. The van der Waals surface area contributed by atoms with Crippen LogP contribution in [0.3, 0.4) is 0 Å². The largest absolute Gasteiger partial charge is 0.387 e. The molecule has 0 aromatic carbocycles. The van der Waals surface area contributed by atoms with E-state index in [-0.39, 0.29) is 6.61 Å². The van der Waals surface area contributed by atoms with E-state index in [1.807, 2.05) is 0 Å². The van der Waals surface area contributed by atoms with Crippen LogP contribution in [0.25, 0.3) is 0 Å². The zero-order valence-corrected chi connectivity index (χ0v) is 9.42. The molecule has 8 heteroatoms. The number of hydrogen-bond donors (Lipinski definition) is 3. The molecule has 1 unspecified atom stereocenters. The molecule has 86 valence electrons. The van der Waals surface area contributed by atoms with Gasteiger partial charge in [0, 0.05) is 12.7 Å². The molecule has 0 spiro atoms. The van der Waals surface area contributed by atoms with Crippen molar-refractivity contribution in [1.29, 1.82) is 0 Å². The summed E-state index contributed by atoms with van der Waals surface area (Å²) in [6.45, 7) is 2.05. The summed E-state index contributed by atoms with van der Waals surface area (Å²) >= 11 is 0. The lowest BCUT2D eigenvalue weighted by molar-refractivity contribution is -0.0458. The van der Waals surface area contributed by atoms with E-state index in [1.165, 1.54) is 6.92 Å². The van der Waals surface area contributed by atoms with Crippen molar-refractivity contribution in [3.8, 4) is 0 Å². The molecular weight excluding hydrogens is 222 g/mol. The minimum absolute atomic E-state index is 0.296. The van der Waals surface area contributed by atoms with Crippen LogP contribution in [0, 0.1) is 0 Å². The molecule has 0 aromatic rings. The molecule has 2 radical (unpaired) electrons. The SMILES string of the molecule is [B][C@@H]1O[C@H](COP(C)(=O)O)[C@@H](O)[C@@]1(C)O. The minimum atomic E-state index is -3.62. The van der Waals surface area contributed by atoms with E-state index in [0.717, 1.165) is 6.66 Å². The average molecular weight is 236 g/mol. The maximum atomic E-state index is 10.8. The van der Waals surface area contributed by atoms with Gasteiger partial charge in [-0.05, 0) is 6.92 Å². The molecular formula is C7H14BO6P. The van der Waals surface area contributed by atoms with Gasteiger partial charge in [0.05, 0.1) is 6.61 Å². The van der Waals surface area contributed by atoms with Gasteiger partial charge in [-0.15, -0.1) is 0 Å². The second kappa shape index (κ2) is 4.16. The van der Waals surface area contributed by atoms with Gasteiger partial charge in [0.15, 0.2) is 0 Å². The summed E-state index contributed by atoms with van der Waals surface area (Å²) in [5.74, 6) is 0. The molecule has 15 heavy (non-hydrogen) atoms. The van der Waals surface area contributed by atoms with Crippen LogP contribution in [0.5, 0.6) is 0 Å². The third kappa shape index (κ3) is 3.03. The van der Waals surface area contributed by atoms with Gasteiger partial charge < -0.3 is 24.4 Å². The van der Waals surface area contributed by atoms with Crippen molar-refractivity contribution in [3.63, 3.8) is 0 Å². The predicted octanol–water partition coefficient (Wildman–Crippen LogP) is -1.18. The van der Waals surface area contributed by atoms with E-state index in [0.29, 0.717) is 0 Å². The quantitative estimate of drug-likeness (QED) is 0.421. The maximum Gasteiger partial charge on any atom is 0.325 e. The van der Waals surface area contributed by atoms with Crippen molar-refractivity contribution >= 4 is 15.4 Å². The van der Waals surface area contributed by atoms with Crippen LogP contribution in [-0.4, -0.2) is 60.0 Å². The third-order valence-corrected chi connectivity index (χ3v) is 2.95. The highest BCUT2D eigenvalue weighted by Crippen LogP contribution is 2.38. The van der Waals surface area contributed by atoms with E-state index in [4.69, 9.17) is 17.5 Å². The van der Waals surface area contributed by atoms with Crippen molar-refractivity contribution in [2.45, 2.75) is 30.7 Å². The van der Waals surface area contributed by atoms with Gasteiger partial charge in [0.1, 0.15) is 25.7 Å². The van der Waals surface area contributed by atoms with Crippen molar-refractivity contribution < 1.29 is 28.9 Å². The molecule has 0 saturated carbocycles. The Hall–Kier alpha value is 0.0949. The molecule has 1 heterocycles. The van der Waals surface area contributed by atoms with Crippen LogP contribution in [-0.2, 0) is 13.8 Å². The topological polar surface area (TPSA) is 96.2 Å². The van der Waals surface area contributed by atoms with E-state index in [9.17, 15) is 14.8 Å². The molecule has 1 saturated heterocycles. The van der Waals surface area contributed by atoms with Crippen LogP contribution >= 0.6 is 7.60 Å². The Morgan fingerprint density at radius 2 is 2.20 bits per heavy atom. The lowest BCUT2D eigenvalue weighted by Gasteiger charge is -2.24. The third-order valence-electron chi connectivity index (χ3n) is 2.33. The van der Waals surface area contributed by atoms with Crippen molar-refractivity contribution in [2.75, 3.05) is 13.3 Å². The Morgan fingerprint density at radius 1 is 1.67 bits per heavy atom. The Labute approximate surface area is 89.1 Å². The molecule has 0 aromatic heterocycles. The molecule has 0 aliphatic carbocycles. The smallest absolute Gasteiger partial charge is 0.325 e. The van der Waals surface area contributed by atoms with Crippen LogP contribution in [0.1, 0.15) is 6.92 Å². The van der Waals surface area contributed by atoms with E-state index >= 15 is 0 Å². The highest BCUT2D eigenvalue weighted by Gasteiger charge is 2.49. The Bertz CT molecular complexity index is 277. The van der Waals surface area contributed by atoms with Crippen LogP contribution < -0.4 is 0 Å². The number of ether oxygens (including phenoxy) is 1. The molecule has 5 atom stereocenters. The zero-order chi connectivity index (χ0) is 11.9. The lowest BCUT2D eigenvalue weighted by Crippen LogP contribution is -2.46. The Morgan fingerprint density at radius 3 is 2.53 bits per heavy atom. The fraction of sp³-hybridized carbons (Fsp3) is 1.00. The summed E-state index contributed by atoms with van der Waals surface area (Å²) in [7, 11) is 1.79. The van der Waals surface area contributed by atoms with E-state index < -0.39 is 31.4 Å². The van der Waals surface area contributed by atoms with Gasteiger partial charge >= 0.3 is 7.60 Å². The summed E-state index contributed by atoms with van der Waals surface area (Å²) in [6, 6.07) is -1.05. The van der Waals surface area contributed by atoms with Crippen LogP contribution in [0.15, 0.2) is 0 Å². The summed E-state index contributed by atoms with van der Waals surface area (Å²) in [6.07, 6.45) is -2.16. The number of aliphatic hydroxyl groups is 2. The predicted molar refractivity (Wildman–Crippen MR) is 52.7 cm³/mol. The normalized spacial score (nSPS) is 45.3.